The number of aliphatic hydroxyl groups is 1. The van der Waals surface area contributed by atoms with E-state index in [4.69, 9.17) is 9.47 Å². The Morgan fingerprint density at radius 1 is 1.05 bits per heavy atom. The molecule has 5 heteroatoms. The first kappa shape index (κ1) is 18.8. The molecule has 19 heavy (non-hydrogen) atoms. The molecule has 0 aliphatic heterocycles. The summed E-state index contributed by atoms with van der Waals surface area (Å²) in [6, 6.07) is 0.596. The van der Waals surface area contributed by atoms with Gasteiger partial charge in [0.25, 0.3) is 0 Å². The van der Waals surface area contributed by atoms with E-state index in [1.807, 2.05) is 7.05 Å². The van der Waals surface area contributed by atoms with Crippen molar-refractivity contribution in [3.63, 3.8) is 0 Å². The van der Waals surface area contributed by atoms with E-state index in [2.05, 4.69) is 31.4 Å². The van der Waals surface area contributed by atoms with E-state index in [0.717, 1.165) is 19.4 Å². The Labute approximate surface area is 118 Å². The zero-order valence-electron chi connectivity index (χ0n) is 12.9. The van der Waals surface area contributed by atoms with Gasteiger partial charge in [0.1, 0.15) is 0 Å². The van der Waals surface area contributed by atoms with Gasteiger partial charge >= 0.3 is 0 Å². The van der Waals surface area contributed by atoms with Gasteiger partial charge < -0.3 is 25.2 Å². The van der Waals surface area contributed by atoms with Crippen LogP contribution in [0.1, 0.15) is 33.6 Å². The highest BCUT2D eigenvalue weighted by Gasteiger charge is 2.08. The molecule has 116 valence electrons. The summed E-state index contributed by atoms with van der Waals surface area (Å²) in [7, 11) is 1.92. The molecule has 0 bridgehead atoms. The third kappa shape index (κ3) is 12.6. The number of hydrogen-bond acceptors (Lipinski definition) is 5. The van der Waals surface area contributed by atoms with Gasteiger partial charge in [-0.2, -0.15) is 0 Å². The van der Waals surface area contributed by atoms with Crippen LogP contribution >= 0.6 is 0 Å². The molecule has 0 saturated carbocycles. The van der Waals surface area contributed by atoms with E-state index in [0.29, 0.717) is 32.4 Å². The van der Waals surface area contributed by atoms with Crippen molar-refractivity contribution in [3.05, 3.63) is 0 Å². The Balaban J connectivity index is 3.42. The molecule has 0 rings (SSSR count). The van der Waals surface area contributed by atoms with Crippen LogP contribution in [0.4, 0.5) is 0 Å². The maximum atomic E-state index is 9.71. The molecule has 3 N–H and O–H groups in total. The first-order chi connectivity index (χ1) is 9.10. The Morgan fingerprint density at radius 2 is 1.74 bits per heavy atom. The maximum absolute atomic E-state index is 9.71. The van der Waals surface area contributed by atoms with Crippen LogP contribution in [0.15, 0.2) is 0 Å². The van der Waals surface area contributed by atoms with Gasteiger partial charge in [0, 0.05) is 25.2 Å². The van der Waals surface area contributed by atoms with Crippen molar-refractivity contribution in [3.8, 4) is 0 Å². The van der Waals surface area contributed by atoms with Gasteiger partial charge in [-0.15, -0.1) is 0 Å². The van der Waals surface area contributed by atoms with Crippen molar-refractivity contribution in [1.29, 1.82) is 0 Å². The Hall–Kier alpha value is -0.200. The number of nitrogens with one attached hydrogen (secondary N) is 2. The molecule has 0 saturated heterocycles. The minimum Gasteiger partial charge on any atom is -0.389 e. The summed E-state index contributed by atoms with van der Waals surface area (Å²) in [5, 5.41) is 16.1. The molecule has 0 aliphatic carbocycles. The molecule has 5 nitrogen and oxygen atoms in total. The summed E-state index contributed by atoms with van der Waals surface area (Å²) < 4.78 is 10.9. The van der Waals surface area contributed by atoms with Gasteiger partial charge in [-0.05, 0) is 27.3 Å². The zero-order chi connectivity index (χ0) is 14.5. The zero-order valence-corrected chi connectivity index (χ0v) is 12.9. The van der Waals surface area contributed by atoms with E-state index in [-0.39, 0.29) is 6.04 Å². The Kier molecular flexibility index (Phi) is 12.7. The average Bonchev–Trinajstić information content (AvgIpc) is 2.41. The summed E-state index contributed by atoms with van der Waals surface area (Å²) >= 11 is 0. The summed E-state index contributed by atoms with van der Waals surface area (Å²) in [6.07, 6.45) is 1.72. The van der Waals surface area contributed by atoms with Crippen LogP contribution in [-0.4, -0.2) is 63.3 Å². The van der Waals surface area contributed by atoms with Gasteiger partial charge in [0.15, 0.2) is 0 Å². The molecule has 0 aromatic carbocycles. The highest BCUT2D eigenvalue weighted by molar-refractivity contribution is 4.65. The minimum absolute atomic E-state index is 0.231. The molecule has 3 unspecified atom stereocenters. The second kappa shape index (κ2) is 12.8. The van der Waals surface area contributed by atoms with Crippen LogP contribution in [0.3, 0.4) is 0 Å². The van der Waals surface area contributed by atoms with Crippen molar-refractivity contribution in [1.82, 2.24) is 10.6 Å². The van der Waals surface area contributed by atoms with E-state index < -0.39 is 6.10 Å². The molecule has 3 atom stereocenters. The topological polar surface area (TPSA) is 62.8 Å². The fourth-order valence-electron chi connectivity index (χ4n) is 1.43. The lowest BCUT2D eigenvalue weighted by Gasteiger charge is -2.18. The molecular formula is C14H32N2O3. The first-order valence-corrected chi connectivity index (χ1v) is 7.34. The van der Waals surface area contributed by atoms with Crippen LogP contribution in [0.2, 0.25) is 0 Å². The smallest absolute Gasteiger partial charge is 0.0897 e. The van der Waals surface area contributed by atoms with Crippen molar-refractivity contribution < 1.29 is 14.6 Å². The number of aliphatic hydroxyl groups excluding tert-OH is 1. The standard InChI is InChI=1S/C14H32N2O3/c1-5-6-7-18-11-14(17)8-16-13(3)10-19-9-12(2)15-4/h12-17H,5-11H2,1-4H3. The number of ether oxygens (including phenoxy) is 2. The number of hydrogen-bond donors (Lipinski definition) is 3. The maximum Gasteiger partial charge on any atom is 0.0897 e. The van der Waals surface area contributed by atoms with Crippen LogP contribution < -0.4 is 10.6 Å². The van der Waals surface area contributed by atoms with Crippen molar-refractivity contribution in [2.24, 2.45) is 0 Å². The van der Waals surface area contributed by atoms with Gasteiger partial charge in [0.2, 0.25) is 0 Å². The molecule has 0 fully saturated rings. The quantitative estimate of drug-likeness (QED) is 0.434. The normalized spacial score (nSPS) is 16.3. The Morgan fingerprint density at radius 3 is 2.37 bits per heavy atom. The second-order valence-corrected chi connectivity index (χ2v) is 5.12. The third-order valence-corrected chi connectivity index (χ3v) is 2.88. The number of likely N-dealkylation sites (N-methyl/N-ethyl adjacent to an activating group) is 1. The van der Waals surface area contributed by atoms with Gasteiger partial charge in [0.05, 0.1) is 25.9 Å². The average molecular weight is 276 g/mol. The van der Waals surface area contributed by atoms with Crippen LogP contribution in [-0.2, 0) is 9.47 Å². The molecular weight excluding hydrogens is 244 g/mol. The minimum atomic E-state index is -0.449. The summed E-state index contributed by atoms with van der Waals surface area (Å²) in [5.41, 5.74) is 0. The van der Waals surface area contributed by atoms with E-state index in [9.17, 15) is 5.11 Å². The summed E-state index contributed by atoms with van der Waals surface area (Å²) in [4.78, 5) is 0. The SMILES string of the molecule is CCCCOCC(O)CNC(C)COCC(C)NC. The third-order valence-electron chi connectivity index (χ3n) is 2.88. The molecule has 0 spiro atoms. The van der Waals surface area contributed by atoms with Crippen LogP contribution in [0, 0.1) is 0 Å². The molecule has 0 aromatic rings. The van der Waals surface area contributed by atoms with Gasteiger partial charge in [-0.1, -0.05) is 13.3 Å². The van der Waals surface area contributed by atoms with Crippen molar-refractivity contribution in [2.45, 2.75) is 51.8 Å². The lowest BCUT2D eigenvalue weighted by Crippen LogP contribution is -2.39. The van der Waals surface area contributed by atoms with Gasteiger partial charge in [-0.25, -0.2) is 0 Å². The fraction of sp³-hybridized carbons (Fsp3) is 1.00. The number of unbranched alkanes of at least 4 members (excludes halogenated alkanes) is 1. The predicted molar refractivity (Wildman–Crippen MR) is 78.5 cm³/mol. The van der Waals surface area contributed by atoms with Crippen molar-refractivity contribution >= 4 is 0 Å². The first-order valence-electron chi connectivity index (χ1n) is 7.34. The fourth-order valence-corrected chi connectivity index (χ4v) is 1.43. The summed E-state index contributed by atoms with van der Waals surface area (Å²) in [5.74, 6) is 0. The molecule has 0 aliphatic rings. The molecule has 0 aromatic heterocycles. The van der Waals surface area contributed by atoms with E-state index in [1.165, 1.54) is 0 Å². The lowest BCUT2D eigenvalue weighted by molar-refractivity contribution is 0.0316. The molecule has 0 radical (unpaired) electrons. The largest absolute Gasteiger partial charge is 0.389 e. The van der Waals surface area contributed by atoms with Crippen molar-refractivity contribution in [2.75, 3.05) is 40.0 Å². The predicted octanol–water partition coefficient (Wildman–Crippen LogP) is 0.767. The monoisotopic (exact) mass is 276 g/mol. The van der Waals surface area contributed by atoms with Crippen LogP contribution in [0.25, 0.3) is 0 Å². The highest BCUT2D eigenvalue weighted by Crippen LogP contribution is 1.92. The van der Waals surface area contributed by atoms with Gasteiger partial charge in [-0.3, -0.25) is 0 Å². The van der Waals surface area contributed by atoms with Crippen LogP contribution in [0.5, 0.6) is 0 Å². The second-order valence-electron chi connectivity index (χ2n) is 5.12. The Bertz CT molecular complexity index is 194. The summed E-state index contributed by atoms with van der Waals surface area (Å²) in [6.45, 7) is 9.27. The molecule has 0 heterocycles. The van der Waals surface area contributed by atoms with E-state index in [1.54, 1.807) is 0 Å². The molecule has 0 amide bonds. The van der Waals surface area contributed by atoms with E-state index >= 15 is 0 Å². The highest BCUT2D eigenvalue weighted by atomic mass is 16.5. The lowest BCUT2D eigenvalue weighted by atomic mass is 10.3. The number of rotatable bonds is 13.